The van der Waals surface area contributed by atoms with Crippen molar-refractivity contribution in [1.29, 1.82) is 0 Å². The molecular formula is C15H10Cl2KN3S. The van der Waals surface area contributed by atoms with Crippen molar-refractivity contribution in [2.24, 2.45) is 0 Å². The Morgan fingerprint density at radius 2 is 1.50 bits per heavy atom. The van der Waals surface area contributed by atoms with Crippen molar-refractivity contribution in [3.05, 3.63) is 64.4 Å². The normalized spacial score (nSPS) is 10.3. The molecule has 0 aliphatic heterocycles. The van der Waals surface area contributed by atoms with E-state index in [0.29, 0.717) is 22.4 Å². The number of aromatic nitrogens is 3. The maximum Gasteiger partial charge on any atom is 1.00 e. The predicted molar refractivity (Wildman–Crippen MR) is 86.8 cm³/mol. The Morgan fingerprint density at radius 1 is 0.909 bits per heavy atom. The van der Waals surface area contributed by atoms with Crippen LogP contribution in [-0.4, -0.2) is 10.1 Å². The number of thioether (sulfide) groups is 1. The Hall–Kier alpha value is 0.146. The molecule has 3 nitrogen and oxygen atoms in total. The summed E-state index contributed by atoms with van der Waals surface area (Å²) in [7, 11) is 0. The van der Waals surface area contributed by atoms with Crippen LogP contribution < -0.4 is 56.5 Å². The Labute approximate surface area is 185 Å². The Morgan fingerprint density at radius 3 is 2.14 bits per heavy atom. The summed E-state index contributed by atoms with van der Waals surface area (Å²) in [5.74, 6) is 2.00. The fourth-order valence-electron chi connectivity index (χ4n) is 1.73. The molecule has 22 heavy (non-hydrogen) atoms. The van der Waals surface area contributed by atoms with Gasteiger partial charge in [0.1, 0.15) is 0 Å². The molecule has 0 N–H and O–H groups in total. The average Bonchev–Trinajstić information content (AvgIpc) is 2.96. The standard InChI is InChI=1S/C15H10Cl2N3S.K/c16-11-3-1-10(2-4-11)15-18-14(19-20-15)9-21-13-7-5-12(17)6-8-13;/h1-8H,9H2;/q-1;+1. The molecule has 3 rings (SSSR count). The van der Waals surface area contributed by atoms with Gasteiger partial charge in [-0.15, -0.1) is 11.8 Å². The fraction of sp³-hybridized carbons (Fsp3) is 0.0667. The van der Waals surface area contributed by atoms with E-state index in [1.165, 1.54) is 0 Å². The number of nitrogens with zero attached hydrogens (tertiary/aromatic N) is 3. The van der Waals surface area contributed by atoms with E-state index in [2.05, 4.69) is 15.2 Å². The molecule has 1 aromatic heterocycles. The van der Waals surface area contributed by atoms with Gasteiger partial charge in [0.15, 0.2) is 0 Å². The maximum atomic E-state index is 5.86. The summed E-state index contributed by atoms with van der Waals surface area (Å²) in [5, 5.41) is 9.63. The molecule has 0 bridgehead atoms. The smallest absolute Gasteiger partial charge is 0.421 e. The molecule has 0 radical (unpaired) electrons. The third-order valence-electron chi connectivity index (χ3n) is 2.78. The first-order valence-electron chi connectivity index (χ1n) is 6.21. The maximum absolute atomic E-state index is 5.86. The van der Waals surface area contributed by atoms with E-state index in [1.54, 1.807) is 11.8 Å². The second-order valence-corrected chi connectivity index (χ2v) is 6.22. The first-order valence-corrected chi connectivity index (χ1v) is 7.95. The van der Waals surface area contributed by atoms with E-state index < -0.39 is 0 Å². The zero-order valence-corrected chi connectivity index (χ0v) is 17.3. The molecule has 1 heterocycles. The van der Waals surface area contributed by atoms with Crippen molar-refractivity contribution < 1.29 is 51.4 Å². The molecule has 0 unspecified atom stereocenters. The van der Waals surface area contributed by atoms with Gasteiger partial charge < -0.3 is 10.1 Å². The van der Waals surface area contributed by atoms with Gasteiger partial charge in [0, 0.05) is 26.5 Å². The molecule has 0 aliphatic rings. The van der Waals surface area contributed by atoms with Gasteiger partial charge in [-0.1, -0.05) is 35.3 Å². The summed E-state index contributed by atoms with van der Waals surface area (Å²) in [5.41, 5.74) is 0.912. The third-order valence-corrected chi connectivity index (χ3v) is 4.29. The molecule has 3 aromatic rings. The summed E-state index contributed by atoms with van der Waals surface area (Å²) < 4.78 is 0. The summed E-state index contributed by atoms with van der Waals surface area (Å²) in [4.78, 5) is 5.55. The van der Waals surface area contributed by atoms with E-state index in [0.717, 1.165) is 15.5 Å². The Balaban J connectivity index is 0.00000176. The molecule has 2 aromatic carbocycles. The molecule has 0 atom stereocenters. The van der Waals surface area contributed by atoms with Gasteiger partial charge in [-0.05, 0) is 47.8 Å². The third kappa shape index (κ3) is 5.08. The number of halogens is 2. The topological polar surface area (TPSA) is 39.9 Å². The Kier molecular flexibility index (Phi) is 7.43. The number of hydrogen-bond acceptors (Lipinski definition) is 3. The summed E-state index contributed by atoms with van der Waals surface area (Å²) in [6.07, 6.45) is 0. The van der Waals surface area contributed by atoms with Crippen molar-refractivity contribution >= 4 is 35.0 Å². The van der Waals surface area contributed by atoms with Crippen LogP contribution in [0.4, 0.5) is 0 Å². The van der Waals surface area contributed by atoms with E-state index in [1.807, 2.05) is 48.5 Å². The van der Waals surface area contributed by atoms with E-state index in [4.69, 9.17) is 23.2 Å². The van der Waals surface area contributed by atoms with Gasteiger partial charge in [0.25, 0.3) is 0 Å². The van der Waals surface area contributed by atoms with Crippen LogP contribution in [0.15, 0.2) is 53.4 Å². The van der Waals surface area contributed by atoms with Gasteiger partial charge in [-0.25, -0.2) is 0 Å². The van der Waals surface area contributed by atoms with Crippen LogP contribution in [0, 0.1) is 0 Å². The second-order valence-electron chi connectivity index (χ2n) is 4.30. The Bertz CT molecular complexity index is 729. The minimum absolute atomic E-state index is 0. The van der Waals surface area contributed by atoms with E-state index in [-0.39, 0.29) is 51.4 Å². The zero-order chi connectivity index (χ0) is 14.7. The van der Waals surface area contributed by atoms with Crippen LogP contribution in [0.3, 0.4) is 0 Å². The van der Waals surface area contributed by atoms with Crippen molar-refractivity contribution in [1.82, 2.24) is 15.2 Å². The fourth-order valence-corrected chi connectivity index (χ4v) is 2.73. The quantitative estimate of drug-likeness (QED) is 0.515. The molecule has 0 fully saturated rings. The van der Waals surface area contributed by atoms with Crippen molar-refractivity contribution in [2.45, 2.75) is 10.6 Å². The molecule has 0 saturated heterocycles. The van der Waals surface area contributed by atoms with Crippen LogP contribution >= 0.6 is 35.0 Å². The molecule has 0 spiro atoms. The predicted octanol–water partition coefficient (Wildman–Crippen LogP) is 1.70. The SMILES string of the molecule is Clc1ccc(SCc2n[n-]c(-c3ccc(Cl)cc3)n2)cc1.[K+]. The number of hydrogen-bond donors (Lipinski definition) is 0. The number of benzene rings is 2. The average molecular weight is 374 g/mol. The monoisotopic (exact) mass is 373 g/mol. The minimum Gasteiger partial charge on any atom is -0.421 e. The second kappa shape index (κ2) is 8.85. The van der Waals surface area contributed by atoms with Gasteiger partial charge in [0.2, 0.25) is 0 Å². The van der Waals surface area contributed by atoms with Gasteiger partial charge >= 0.3 is 51.4 Å². The summed E-state index contributed by atoms with van der Waals surface area (Å²) >= 11 is 13.4. The van der Waals surface area contributed by atoms with Crippen LogP contribution in [0.25, 0.3) is 11.4 Å². The van der Waals surface area contributed by atoms with E-state index >= 15 is 0 Å². The van der Waals surface area contributed by atoms with Crippen LogP contribution in [-0.2, 0) is 5.75 Å². The molecule has 0 aliphatic carbocycles. The molecule has 0 amide bonds. The van der Waals surface area contributed by atoms with Crippen LogP contribution in [0.1, 0.15) is 5.82 Å². The first-order chi connectivity index (χ1) is 10.2. The summed E-state index contributed by atoms with van der Waals surface area (Å²) in [6.45, 7) is 0. The minimum atomic E-state index is 0. The van der Waals surface area contributed by atoms with Crippen molar-refractivity contribution in [3.8, 4) is 11.4 Å². The van der Waals surface area contributed by atoms with Gasteiger partial charge in [0.05, 0.1) is 0 Å². The molecule has 106 valence electrons. The van der Waals surface area contributed by atoms with Gasteiger partial charge in [-0.2, -0.15) is 0 Å². The van der Waals surface area contributed by atoms with E-state index in [9.17, 15) is 0 Å². The van der Waals surface area contributed by atoms with Crippen LogP contribution in [0.5, 0.6) is 0 Å². The van der Waals surface area contributed by atoms with Crippen LogP contribution in [0.2, 0.25) is 10.0 Å². The zero-order valence-electron chi connectivity index (χ0n) is 11.8. The number of rotatable bonds is 4. The summed E-state index contributed by atoms with van der Waals surface area (Å²) in [6, 6.07) is 15.1. The molecule has 7 heteroatoms. The first kappa shape index (κ1) is 18.5. The molecule has 0 saturated carbocycles. The largest absolute Gasteiger partial charge is 1.00 e. The van der Waals surface area contributed by atoms with Gasteiger partial charge in [-0.3, -0.25) is 5.10 Å². The van der Waals surface area contributed by atoms with Crippen molar-refractivity contribution in [3.63, 3.8) is 0 Å². The van der Waals surface area contributed by atoms with Crippen molar-refractivity contribution in [2.75, 3.05) is 0 Å². The molecular weight excluding hydrogens is 364 g/mol.